The lowest BCUT2D eigenvalue weighted by Gasteiger charge is -2.00. The van der Waals surface area contributed by atoms with Crippen LogP contribution in [-0.4, -0.2) is 22.3 Å². The Labute approximate surface area is 109 Å². The first-order valence-electron chi connectivity index (χ1n) is 5.57. The highest BCUT2D eigenvalue weighted by atomic mass is 16.3. The zero-order chi connectivity index (χ0) is 13.7. The summed E-state index contributed by atoms with van der Waals surface area (Å²) < 4.78 is 0. The standard InChI is InChI=1S/C14H12N2O3/c17-12-7-6-11(13(18)8-12)9-15-16-14(19)10-4-2-1-3-5-10/h1-9,17-18H,(H,16,19)/b15-9+. The number of carbonyl (C=O) groups excluding carboxylic acids is 1. The number of carbonyl (C=O) groups is 1. The Morgan fingerprint density at radius 2 is 1.84 bits per heavy atom. The Balaban J connectivity index is 2.02. The van der Waals surface area contributed by atoms with Crippen molar-refractivity contribution in [2.24, 2.45) is 5.10 Å². The van der Waals surface area contributed by atoms with E-state index in [-0.39, 0.29) is 17.4 Å². The third-order valence-corrected chi connectivity index (χ3v) is 2.42. The molecule has 0 aliphatic heterocycles. The Morgan fingerprint density at radius 3 is 2.53 bits per heavy atom. The largest absolute Gasteiger partial charge is 0.508 e. The number of rotatable bonds is 3. The average Bonchev–Trinajstić information content (AvgIpc) is 2.42. The molecule has 2 rings (SSSR count). The number of hydrogen-bond donors (Lipinski definition) is 3. The van der Waals surface area contributed by atoms with Crippen molar-refractivity contribution in [3.05, 3.63) is 59.7 Å². The molecule has 0 heterocycles. The van der Waals surface area contributed by atoms with E-state index >= 15 is 0 Å². The molecule has 0 aliphatic carbocycles. The van der Waals surface area contributed by atoms with Gasteiger partial charge in [-0.2, -0.15) is 5.10 Å². The lowest BCUT2D eigenvalue weighted by Crippen LogP contribution is -2.17. The van der Waals surface area contributed by atoms with Gasteiger partial charge < -0.3 is 10.2 Å². The van der Waals surface area contributed by atoms with Crippen molar-refractivity contribution in [1.82, 2.24) is 5.43 Å². The maximum absolute atomic E-state index is 11.6. The monoisotopic (exact) mass is 256 g/mol. The molecule has 19 heavy (non-hydrogen) atoms. The predicted octanol–water partition coefficient (Wildman–Crippen LogP) is 1.86. The van der Waals surface area contributed by atoms with Crippen LogP contribution in [0.3, 0.4) is 0 Å². The van der Waals surface area contributed by atoms with Crippen LogP contribution in [0.15, 0.2) is 53.6 Å². The second-order valence-corrected chi connectivity index (χ2v) is 3.81. The SMILES string of the molecule is O=C(N/N=C/c1ccc(O)cc1O)c1ccccc1. The van der Waals surface area contributed by atoms with Crippen molar-refractivity contribution < 1.29 is 15.0 Å². The topological polar surface area (TPSA) is 81.9 Å². The first kappa shape index (κ1) is 12.6. The van der Waals surface area contributed by atoms with Gasteiger partial charge in [-0.05, 0) is 24.3 Å². The highest BCUT2D eigenvalue weighted by molar-refractivity contribution is 5.95. The van der Waals surface area contributed by atoms with Crippen molar-refractivity contribution in [3.8, 4) is 11.5 Å². The number of nitrogens with zero attached hydrogens (tertiary/aromatic N) is 1. The van der Waals surface area contributed by atoms with Crippen LogP contribution in [-0.2, 0) is 0 Å². The Kier molecular flexibility index (Phi) is 3.78. The zero-order valence-corrected chi connectivity index (χ0v) is 9.95. The van der Waals surface area contributed by atoms with Crippen molar-refractivity contribution in [1.29, 1.82) is 0 Å². The fourth-order valence-corrected chi connectivity index (χ4v) is 1.46. The van der Waals surface area contributed by atoms with Gasteiger partial charge in [0.25, 0.3) is 5.91 Å². The molecule has 0 aromatic heterocycles. The molecule has 5 nitrogen and oxygen atoms in total. The second-order valence-electron chi connectivity index (χ2n) is 3.81. The van der Waals surface area contributed by atoms with Crippen molar-refractivity contribution >= 4 is 12.1 Å². The number of nitrogens with one attached hydrogen (secondary N) is 1. The quantitative estimate of drug-likeness (QED) is 0.579. The van der Waals surface area contributed by atoms with Gasteiger partial charge in [0.1, 0.15) is 11.5 Å². The molecule has 0 radical (unpaired) electrons. The molecule has 0 spiro atoms. The molecule has 0 saturated carbocycles. The summed E-state index contributed by atoms with van der Waals surface area (Å²) in [6.45, 7) is 0. The summed E-state index contributed by atoms with van der Waals surface area (Å²) in [5.74, 6) is -0.490. The molecule has 3 N–H and O–H groups in total. The number of phenolic OH excluding ortho intramolecular Hbond substituents is 2. The van der Waals surface area contributed by atoms with Gasteiger partial charge in [-0.1, -0.05) is 18.2 Å². The minimum atomic E-state index is -0.338. The van der Waals surface area contributed by atoms with E-state index in [4.69, 9.17) is 5.11 Å². The Morgan fingerprint density at radius 1 is 1.11 bits per heavy atom. The first-order chi connectivity index (χ1) is 9.16. The molecular weight excluding hydrogens is 244 g/mol. The van der Waals surface area contributed by atoms with Crippen molar-refractivity contribution in [2.75, 3.05) is 0 Å². The van der Waals surface area contributed by atoms with E-state index in [1.54, 1.807) is 24.3 Å². The summed E-state index contributed by atoms with van der Waals surface area (Å²) in [6.07, 6.45) is 1.30. The maximum Gasteiger partial charge on any atom is 0.271 e. The van der Waals surface area contributed by atoms with Gasteiger partial charge in [0.15, 0.2) is 0 Å². The summed E-state index contributed by atoms with van der Waals surface area (Å²) in [5, 5.41) is 22.4. The summed E-state index contributed by atoms with van der Waals surface area (Å²) >= 11 is 0. The van der Waals surface area contributed by atoms with E-state index in [1.807, 2.05) is 6.07 Å². The van der Waals surface area contributed by atoms with Crippen LogP contribution in [0.2, 0.25) is 0 Å². The van der Waals surface area contributed by atoms with E-state index in [2.05, 4.69) is 10.5 Å². The van der Waals surface area contributed by atoms with Crippen LogP contribution in [0, 0.1) is 0 Å². The molecule has 0 saturated heterocycles. The molecular formula is C14H12N2O3. The van der Waals surface area contributed by atoms with Gasteiger partial charge in [-0.25, -0.2) is 5.43 Å². The summed E-state index contributed by atoms with van der Waals surface area (Å²) in [6, 6.07) is 12.8. The highest BCUT2D eigenvalue weighted by Crippen LogP contribution is 2.20. The fraction of sp³-hybridized carbons (Fsp3) is 0. The van der Waals surface area contributed by atoms with Crippen molar-refractivity contribution in [3.63, 3.8) is 0 Å². The van der Waals surface area contributed by atoms with Gasteiger partial charge in [0.05, 0.1) is 6.21 Å². The lowest BCUT2D eigenvalue weighted by molar-refractivity contribution is 0.0955. The molecule has 2 aromatic rings. The van der Waals surface area contributed by atoms with Gasteiger partial charge >= 0.3 is 0 Å². The molecule has 96 valence electrons. The average molecular weight is 256 g/mol. The van der Waals surface area contributed by atoms with Gasteiger partial charge in [0.2, 0.25) is 0 Å². The number of amides is 1. The molecule has 0 aliphatic rings. The molecule has 1 amide bonds. The molecule has 0 atom stereocenters. The number of phenols is 2. The minimum Gasteiger partial charge on any atom is -0.508 e. The smallest absolute Gasteiger partial charge is 0.271 e. The maximum atomic E-state index is 11.6. The van der Waals surface area contributed by atoms with Crippen LogP contribution in [0.4, 0.5) is 0 Å². The van der Waals surface area contributed by atoms with Crippen LogP contribution in [0.5, 0.6) is 11.5 Å². The summed E-state index contributed by atoms with van der Waals surface area (Å²) in [4.78, 5) is 11.6. The van der Waals surface area contributed by atoms with E-state index in [1.165, 1.54) is 24.4 Å². The Bertz CT molecular complexity index is 609. The van der Waals surface area contributed by atoms with Crippen LogP contribution < -0.4 is 5.43 Å². The van der Waals surface area contributed by atoms with Crippen LogP contribution in [0.25, 0.3) is 0 Å². The van der Waals surface area contributed by atoms with Crippen molar-refractivity contribution in [2.45, 2.75) is 0 Å². The van der Waals surface area contributed by atoms with E-state index in [0.29, 0.717) is 11.1 Å². The third kappa shape index (κ3) is 3.32. The fourth-order valence-electron chi connectivity index (χ4n) is 1.46. The van der Waals surface area contributed by atoms with Gasteiger partial charge in [0, 0.05) is 17.2 Å². The summed E-state index contributed by atoms with van der Waals surface area (Å²) in [5.41, 5.74) is 3.24. The second kappa shape index (κ2) is 5.68. The Hall–Kier alpha value is -2.82. The van der Waals surface area contributed by atoms with Crippen LogP contribution in [0.1, 0.15) is 15.9 Å². The van der Waals surface area contributed by atoms with E-state index in [0.717, 1.165) is 0 Å². The molecule has 0 unspecified atom stereocenters. The molecule has 2 aromatic carbocycles. The molecule has 0 fully saturated rings. The normalized spacial score (nSPS) is 10.5. The zero-order valence-electron chi connectivity index (χ0n) is 9.95. The summed E-state index contributed by atoms with van der Waals surface area (Å²) in [7, 11) is 0. The lowest BCUT2D eigenvalue weighted by atomic mass is 10.2. The van der Waals surface area contributed by atoms with E-state index < -0.39 is 0 Å². The number of hydrogen-bond acceptors (Lipinski definition) is 4. The minimum absolute atomic E-state index is 0.0389. The number of aromatic hydroxyl groups is 2. The number of benzene rings is 2. The molecule has 0 bridgehead atoms. The predicted molar refractivity (Wildman–Crippen MR) is 71.3 cm³/mol. The third-order valence-electron chi connectivity index (χ3n) is 2.42. The van der Waals surface area contributed by atoms with E-state index in [9.17, 15) is 9.90 Å². The van der Waals surface area contributed by atoms with Gasteiger partial charge in [-0.15, -0.1) is 0 Å². The highest BCUT2D eigenvalue weighted by Gasteiger charge is 2.02. The molecule has 5 heteroatoms. The number of hydrazone groups is 1. The van der Waals surface area contributed by atoms with Crippen LogP contribution >= 0.6 is 0 Å². The van der Waals surface area contributed by atoms with Gasteiger partial charge in [-0.3, -0.25) is 4.79 Å². The first-order valence-corrected chi connectivity index (χ1v) is 5.57.